The van der Waals surface area contributed by atoms with Gasteiger partial charge in [-0.2, -0.15) is 0 Å². The van der Waals surface area contributed by atoms with Crippen LogP contribution in [0.1, 0.15) is 13.3 Å². The molecule has 0 bridgehead atoms. The van der Waals surface area contributed by atoms with Crippen LogP contribution >= 0.6 is 0 Å². The molecule has 0 aliphatic carbocycles. The van der Waals surface area contributed by atoms with Crippen LogP contribution in [0.15, 0.2) is 24.4 Å². The smallest absolute Gasteiger partial charge is 0.323 e. The van der Waals surface area contributed by atoms with Crippen LogP contribution in [0, 0.1) is 0 Å². The molecule has 2 N–H and O–H groups in total. The molecule has 0 saturated heterocycles. The van der Waals surface area contributed by atoms with Crippen molar-refractivity contribution in [3.63, 3.8) is 0 Å². The van der Waals surface area contributed by atoms with Crippen molar-refractivity contribution in [3.05, 3.63) is 24.4 Å². The summed E-state index contributed by atoms with van der Waals surface area (Å²) in [7, 11) is 0. The van der Waals surface area contributed by atoms with Crippen LogP contribution in [0.5, 0.6) is 0 Å². The van der Waals surface area contributed by atoms with E-state index in [0.717, 1.165) is 6.42 Å². The lowest BCUT2D eigenvalue weighted by atomic mass is 10.4. The summed E-state index contributed by atoms with van der Waals surface area (Å²) < 4.78 is 0. The summed E-state index contributed by atoms with van der Waals surface area (Å²) in [5.74, 6) is 0.520. The second-order valence-electron chi connectivity index (χ2n) is 3.36. The molecule has 0 aromatic carbocycles. The maximum atomic E-state index is 11.8. The minimum atomic E-state index is -0.227. The van der Waals surface area contributed by atoms with Crippen molar-refractivity contribution >= 4 is 11.8 Å². The van der Waals surface area contributed by atoms with Crippen LogP contribution in [-0.4, -0.2) is 40.7 Å². The lowest BCUT2D eigenvalue weighted by Crippen LogP contribution is -2.37. The Kier molecular flexibility index (Phi) is 5.28. The third-order valence-electron chi connectivity index (χ3n) is 2.05. The summed E-state index contributed by atoms with van der Waals surface area (Å²) in [5.41, 5.74) is 0. The second kappa shape index (κ2) is 6.79. The Hall–Kier alpha value is -1.62. The topological polar surface area (TPSA) is 65.5 Å². The van der Waals surface area contributed by atoms with Gasteiger partial charge in [-0.25, -0.2) is 9.78 Å². The molecule has 2 amide bonds. The molecule has 0 spiro atoms. The highest BCUT2D eigenvalue weighted by Crippen LogP contribution is 2.02. The van der Waals surface area contributed by atoms with E-state index < -0.39 is 0 Å². The molecule has 0 aliphatic rings. The van der Waals surface area contributed by atoms with Gasteiger partial charge in [0.25, 0.3) is 0 Å². The average Bonchev–Trinajstić information content (AvgIpc) is 2.30. The molecular weight excluding hydrogens is 206 g/mol. The summed E-state index contributed by atoms with van der Waals surface area (Å²) in [6, 6.07) is 5.09. The first-order valence-electron chi connectivity index (χ1n) is 5.35. The number of nitrogens with zero attached hydrogens (tertiary/aromatic N) is 2. The number of aliphatic hydroxyl groups is 1. The van der Waals surface area contributed by atoms with Crippen LogP contribution in [-0.2, 0) is 0 Å². The molecule has 5 nitrogen and oxygen atoms in total. The molecule has 0 aliphatic heterocycles. The fraction of sp³-hybridized carbons (Fsp3) is 0.455. The maximum absolute atomic E-state index is 11.8. The van der Waals surface area contributed by atoms with Gasteiger partial charge in [0.15, 0.2) is 0 Å². The van der Waals surface area contributed by atoms with Crippen molar-refractivity contribution in [2.75, 3.05) is 25.0 Å². The molecule has 0 atom stereocenters. The summed E-state index contributed by atoms with van der Waals surface area (Å²) in [6.45, 7) is 2.92. The number of nitrogens with one attached hydrogen (secondary N) is 1. The number of anilines is 1. The first kappa shape index (κ1) is 12.4. The lowest BCUT2D eigenvalue weighted by molar-refractivity contribution is 0.188. The van der Waals surface area contributed by atoms with E-state index in [9.17, 15) is 4.79 Å². The van der Waals surface area contributed by atoms with Gasteiger partial charge in [0.1, 0.15) is 5.82 Å². The Labute approximate surface area is 95.1 Å². The zero-order valence-electron chi connectivity index (χ0n) is 9.39. The van der Waals surface area contributed by atoms with Gasteiger partial charge in [-0.1, -0.05) is 13.0 Å². The van der Waals surface area contributed by atoms with Gasteiger partial charge in [-0.3, -0.25) is 5.32 Å². The van der Waals surface area contributed by atoms with E-state index in [1.807, 2.05) is 6.92 Å². The molecule has 0 saturated carbocycles. The molecule has 16 heavy (non-hydrogen) atoms. The summed E-state index contributed by atoms with van der Waals surface area (Å²) in [6.07, 6.45) is 2.47. The summed E-state index contributed by atoms with van der Waals surface area (Å²) in [4.78, 5) is 17.3. The molecular formula is C11H17N3O2. The molecule has 1 heterocycles. The molecule has 88 valence electrons. The normalized spacial score (nSPS) is 9.88. The summed E-state index contributed by atoms with van der Waals surface area (Å²) in [5, 5.41) is 11.5. The number of aliphatic hydroxyl groups excluding tert-OH is 1. The number of hydrogen-bond donors (Lipinski definition) is 2. The van der Waals surface area contributed by atoms with E-state index in [1.54, 1.807) is 29.3 Å². The van der Waals surface area contributed by atoms with Crippen LogP contribution < -0.4 is 5.32 Å². The number of aromatic nitrogens is 1. The fourth-order valence-corrected chi connectivity index (χ4v) is 1.33. The number of carbonyl (C=O) groups is 1. The monoisotopic (exact) mass is 223 g/mol. The summed E-state index contributed by atoms with van der Waals surface area (Å²) >= 11 is 0. The molecule has 1 aromatic rings. The highest BCUT2D eigenvalue weighted by atomic mass is 16.3. The Morgan fingerprint density at radius 1 is 1.50 bits per heavy atom. The predicted molar refractivity (Wildman–Crippen MR) is 62.2 cm³/mol. The standard InChI is InChI=1S/C11H17N3O2/c1-2-7-14(8-9-15)11(16)13-10-5-3-4-6-12-10/h3-6,15H,2,7-9H2,1H3,(H,12,13,16). The molecule has 0 fully saturated rings. The SMILES string of the molecule is CCCN(CCO)C(=O)Nc1ccccn1. The number of hydrogen-bond acceptors (Lipinski definition) is 3. The Balaban J connectivity index is 2.55. The van der Waals surface area contributed by atoms with Gasteiger partial charge in [0.05, 0.1) is 6.61 Å². The van der Waals surface area contributed by atoms with E-state index in [4.69, 9.17) is 5.11 Å². The van der Waals surface area contributed by atoms with E-state index >= 15 is 0 Å². The number of pyridine rings is 1. The van der Waals surface area contributed by atoms with Crippen LogP contribution in [0.4, 0.5) is 10.6 Å². The largest absolute Gasteiger partial charge is 0.395 e. The lowest BCUT2D eigenvalue weighted by Gasteiger charge is -2.21. The molecule has 1 aromatic heterocycles. The zero-order valence-corrected chi connectivity index (χ0v) is 9.39. The van der Waals surface area contributed by atoms with E-state index in [1.165, 1.54) is 0 Å². The van der Waals surface area contributed by atoms with Gasteiger partial charge in [-0.05, 0) is 18.6 Å². The Morgan fingerprint density at radius 2 is 2.31 bits per heavy atom. The molecule has 0 unspecified atom stereocenters. The van der Waals surface area contributed by atoms with Crippen molar-refractivity contribution in [3.8, 4) is 0 Å². The van der Waals surface area contributed by atoms with Crippen molar-refractivity contribution < 1.29 is 9.90 Å². The average molecular weight is 223 g/mol. The van der Waals surface area contributed by atoms with Gasteiger partial charge in [0.2, 0.25) is 0 Å². The third kappa shape index (κ3) is 3.86. The number of amides is 2. The molecule has 5 heteroatoms. The number of rotatable bonds is 5. The Bertz CT molecular complexity index is 310. The minimum absolute atomic E-state index is 0.0321. The first-order valence-corrected chi connectivity index (χ1v) is 5.35. The zero-order chi connectivity index (χ0) is 11.8. The third-order valence-corrected chi connectivity index (χ3v) is 2.05. The fourth-order valence-electron chi connectivity index (χ4n) is 1.33. The number of urea groups is 1. The van der Waals surface area contributed by atoms with Gasteiger partial charge >= 0.3 is 6.03 Å². The maximum Gasteiger partial charge on any atom is 0.323 e. The van der Waals surface area contributed by atoms with E-state index in [2.05, 4.69) is 10.3 Å². The first-order chi connectivity index (χ1) is 7.77. The van der Waals surface area contributed by atoms with E-state index in [-0.39, 0.29) is 12.6 Å². The van der Waals surface area contributed by atoms with Crippen LogP contribution in [0.2, 0.25) is 0 Å². The minimum Gasteiger partial charge on any atom is -0.395 e. The van der Waals surface area contributed by atoms with Crippen LogP contribution in [0.3, 0.4) is 0 Å². The van der Waals surface area contributed by atoms with Gasteiger partial charge < -0.3 is 10.0 Å². The van der Waals surface area contributed by atoms with Crippen molar-refractivity contribution in [2.45, 2.75) is 13.3 Å². The van der Waals surface area contributed by atoms with Crippen molar-refractivity contribution in [2.24, 2.45) is 0 Å². The van der Waals surface area contributed by atoms with Gasteiger partial charge in [0, 0.05) is 19.3 Å². The van der Waals surface area contributed by atoms with E-state index in [0.29, 0.717) is 18.9 Å². The highest BCUT2D eigenvalue weighted by molar-refractivity contribution is 5.88. The van der Waals surface area contributed by atoms with Crippen LogP contribution in [0.25, 0.3) is 0 Å². The number of carbonyl (C=O) groups excluding carboxylic acids is 1. The molecule has 0 radical (unpaired) electrons. The predicted octanol–water partition coefficient (Wildman–Crippen LogP) is 1.32. The quantitative estimate of drug-likeness (QED) is 0.791. The highest BCUT2D eigenvalue weighted by Gasteiger charge is 2.11. The van der Waals surface area contributed by atoms with Crippen molar-refractivity contribution in [1.82, 2.24) is 9.88 Å². The second-order valence-corrected chi connectivity index (χ2v) is 3.36. The molecule has 1 rings (SSSR count). The Morgan fingerprint density at radius 3 is 2.88 bits per heavy atom. The van der Waals surface area contributed by atoms with Crippen molar-refractivity contribution in [1.29, 1.82) is 0 Å². The van der Waals surface area contributed by atoms with Gasteiger partial charge in [-0.15, -0.1) is 0 Å².